The lowest BCUT2D eigenvalue weighted by molar-refractivity contribution is -0.252. The fourth-order valence-electron chi connectivity index (χ4n) is 5.23. The van der Waals surface area contributed by atoms with Crippen molar-refractivity contribution >= 4 is 23.9 Å². The highest BCUT2D eigenvalue weighted by atomic mass is 16.7. The molecular formula is C34H34N2O11. The molecule has 2 heterocycles. The molecule has 1 aliphatic heterocycles. The molecule has 0 saturated carbocycles. The normalized spacial score (nSPS) is 20.3. The van der Waals surface area contributed by atoms with E-state index in [4.69, 9.17) is 28.4 Å². The van der Waals surface area contributed by atoms with Gasteiger partial charge in [-0.15, -0.1) is 0 Å². The molecule has 246 valence electrons. The van der Waals surface area contributed by atoms with Crippen molar-refractivity contribution in [1.29, 1.82) is 5.26 Å². The van der Waals surface area contributed by atoms with Crippen molar-refractivity contribution in [2.45, 2.75) is 71.2 Å². The molecule has 1 aliphatic rings. The van der Waals surface area contributed by atoms with Crippen LogP contribution in [0.25, 0.3) is 11.1 Å². The SMILES string of the molecule is CC(=O)OC[C@H]1O[C@@H](Cc2cc(-c3ccc(OCc4ccccc4)cc3)c(C#N)c(=O)[nH]2)[C@H](OC(C)=O)[C@@H](OC(C)=O)[C@@H]1OC(C)=O. The van der Waals surface area contributed by atoms with Crippen molar-refractivity contribution in [2.24, 2.45) is 0 Å². The first-order valence-electron chi connectivity index (χ1n) is 14.7. The Labute approximate surface area is 270 Å². The molecule has 2 aromatic carbocycles. The van der Waals surface area contributed by atoms with Crippen LogP contribution in [0.3, 0.4) is 0 Å². The second kappa shape index (κ2) is 15.7. The number of esters is 4. The van der Waals surface area contributed by atoms with Gasteiger partial charge in [0.2, 0.25) is 0 Å². The van der Waals surface area contributed by atoms with Gasteiger partial charge in [0.1, 0.15) is 42.8 Å². The highest BCUT2D eigenvalue weighted by molar-refractivity contribution is 5.71. The Balaban J connectivity index is 1.68. The Morgan fingerprint density at radius 3 is 1.98 bits per heavy atom. The van der Waals surface area contributed by atoms with E-state index in [1.54, 1.807) is 30.3 Å². The Hall–Kier alpha value is -5.48. The zero-order chi connectivity index (χ0) is 34.1. The predicted molar refractivity (Wildman–Crippen MR) is 164 cm³/mol. The van der Waals surface area contributed by atoms with E-state index in [1.165, 1.54) is 6.92 Å². The first-order valence-corrected chi connectivity index (χ1v) is 14.7. The molecule has 0 amide bonds. The Morgan fingerprint density at radius 2 is 1.40 bits per heavy atom. The van der Waals surface area contributed by atoms with Crippen molar-refractivity contribution in [3.05, 3.63) is 87.8 Å². The summed E-state index contributed by atoms with van der Waals surface area (Å²) >= 11 is 0. The van der Waals surface area contributed by atoms with Crippen LogP contribution in [0, 0.1) is 11.3 Å². The van der Waals surface area contributed by atoms with Gasteiger partial charge in [-0.05, 0) is 29.3 Å². The number of hydrogen-bond donors (Lipinski definition) is 1. The molecule has 13 heteroatoms. The average Bonchev–Trinajstić information content (AvgIpc) is 3.02. The molecule has 1 N–H and O–H groups in total. The van der Waals surface area contributed by atoms with E-state index < -0.39 is 60.0 Å². The van der Waals surface area contributed by atoms with Gasteiger partial charge in [0, 0.05) is 45.4 Å². The molecule has 47 heavy (non-hydrogen) atoms. The number of carbonyl (C=O) groups excluding carboxylic acids is 4. The lowest BCUT2D eigenvalue weighted by Crippen LogP contribution is -2.62. The van der Waals surface area contributed by atoms with E-state index in [0.29, 0.717) is 23.5 Å². The van der Waals surface area contributed by atoms with Gasteiger partial charge in [0.05, 0.1) is 0 Å². The minimum Gasteiger partial charge on any atom is -0.489 e. The number of nitrogens with one attached hydrogen (secondary N) is 1. The summed E-state index contributed by atoms with van der Waals surface area (Å²) in [7, 11) is 0. The minimum absolute atomic E-state index is 0.120. The lowest BCUT2D eigenvalue weighted by atomic mass is 9.91. The molecule has 1 fully saturated rings. The monoisotopic (exact) mass is 646 g/mol. The van der Waals surface area contributed by atoms with Crippen LogP contribution in [0.4, 0.5) is 0 Å². The first-order chi connectivity index (χ1) is 22.4. The van der Waals surface area contributed by atoms with Gasteiger partial charge in [-0.3, -0.25) is 24.0 Å². The van der Waals surface area contributed by atoms with Gasteiger partial charge in [-0.2, -0.15) is 5.26 Å². The summed E-state index contributed by atoms with van der Waals surface area (Å²) in [5, 5.41) is 9.83. The molecule has 0 radical (unpaired) electrons. The summed E-state index contributed by atoms with van der Waals surface area (Å²) in [6, 6.07) is 20.0. The molecule has 3 aromatic rings. The number of aromatic amines is 1. The highest BCUT2D eigenvalue weighted by Crippen LogP contribution is 2.32. The van der Waals surface area contributed by atoms with Crippen molar-refractivity contribution in [1.82, 2.24) is 4.98 Å². The second-order valence-corrected chi connectivity index (χ2v) is 10.8. The average molecular weight is 647 g/mol. The third-order valence-corrected chi connectivity index (χ3v) is 7.12. The zero-order valence-electron chi connectivity index (χ0n) is 26.2. The number of rotatable bonds is 11. The van der Waals surface area contributed by atoms with E-state index in [2.05, 4.69) is 4.98 Å². The van der Waals surface area contributed by atoms with Crippen LogP contribution in [-0.4, -0.2) is 66.0 Å². The number of aromatic nitrogens is 1. The number of benzene rings is 2. The van der Waals surface area contributed by atoms with Crippen molar-refractivity contribution in [2.75, 3.05) is 6.61 Å². The summed E-state index contributed by atoms with van der Waals surface area (Å²) < 4.78 is 33.6. The number of carbonyl (C=O) groups is 4. The van der Waals surface area contributed by atoms with Crippen LogP contribution in [0.5, 0.6) is 5.75 Å². The highest BCUT2D eigenvalue weighted by Gasteiger charge is 2.52. The van der Waals surface area contributed by atoms with Crippen LogP contribution in [0.1, 0.15) is 44.5 Å². The Bertz CT molecular complexity index is 1700. The molecule has 1 aromatic heterocycles. The molecule has 0 unspecified atom stereocenters. The van der Waals surface area contributed by atoms with Crippen LogP contribution in [0.2, 0.25) is 0 Å². The third-order valence-electron chi connectivity index (χ3n) is 7.12. The fraction of sp³-hybridized carbons (Fsp3) is 0.353. The number of hydrogen-bond acceptors (Lipinski definition) is 12. The number of H-pyrrole nitrogens is 1. The zero-order valence-corrected chi connectivity index (χ0v) is 26.2. The molecular weight excluding hydrogens is 612 g/mol. The standard InChI is InChI=1S/C34H34N2O11/c1-19(37)42-18-30-32(45-21(3)39)33(46-22(4)40)31(44-20(2)38)29(47-30)15-25-14-27(28(16-35)34(41)36-25)24-10-12-26(13-11-24)43-17-23-8-6-5-7-9-23/h5-14,29-33H,15,17-18H2,1-4H3,(H,36,41)/t29-,30+,31-,32+,33+/m0/s1. The van der Waals surface area contributed by atoms with E-state index in [-0.39, 0.29) is 24.3 Å². The van der Waals surface area contributed by atoms with Gasteiger partial charge in [0.25, 0.3) is 5.56 Å². The smallest absolute Gasteiger partial charge is 0.303 e. The predicted octanol–water partition coefficient (Wildman–Crippen LogP) is 3.16. The van der Waals surface area contributed by atoms with Crippen molar-refractivity contribution in [3.8, 4) is 22.9 Å². The Kier molecular flexibility index (Phi) is 11.5. The molecule has 0 spiro atoms. The topological polar surface area (TPSA) is 180 Å². The van der Waals surface area contributed by atoms with Gasteiger partial charge < -0.3 is 33.4 Å². The van der Waals surface area contributed by atoms with Crippen molar-refractivity contribution in [3.63, 3.8) is 0 Å². The summed E-state index contributed by atoms with van der Waals surface area (Å²) in [4.78, 5) is 63.8. The number of nitrogens with zero attached hydrogens (tertiary/aromatic N) is 1. The number of pyridine rings is 1. The molecule has 4 rings (SSSR count). The molecule has 5 atom stereocenters. The number of ether oxygens (including phenoxy) is 6. The van der Waals surface area contributed by atoms with Crippen LogP contribution in [0.15, 0.2) is 65.5 Å². The molecule has 0 bridgehead atoms. The minimum atomic E-state index is -1.35. The van der Waals surface area contributed by atoms with Crippen LogP contribution >= 0.6 is 0 Å². The van der Waals surface area contributed by atoms with E-state index in [9.17, 15) is 29.2 Å². The van der Waals surface area contributed by atoms with E-state index in [1.807, 2.05) is 36.4 Å². The van der Waals surface area contributed by atoms with Gasteiger partial charge in [-0.1, -0.05) is 42.5 Å². The first kappa shape index (κ1) is 34.4. The van der Waals surface area contributed by atoms with E-state index >= 15 is 0 Å². The molecule has 13 nitrogen and oxygen atoms in total. The lowest BCUT2D eigenvalue weighted by Gasteiger charge is -2.44. The largest absolute Gasteiger partial charge is 0.489 e. The maximum absolute atomic E-state index is 13.1. The summed E-state index contributed by atoms with van der Waals surface area (Å²) in [5.74, 6) is -2.32. The Morgan fingerprint density at radius 1 is 0.809 bits per heavy atom. The van der Waals surface area contributed by atoms with Crippen molar-refractivity contribution < 1.29 is 47.6 Å². The summed E-state index contributed by atoms with van der Waals surface area (Å²) in [6.45, 7) is 4.55. The second-order valence-electron chi connectivity index (χ2n) is 10.8. The molecule has 0 aliphatic carbocycles. The molecule has 1 saturated heterocycles. The van der Waals surface area contributed by atoms with Crippen LogP contribution < -0.4 is 10.3 Å². The quantitative estimate of drug-likeness (QED) is 0.238. The van der Waals surface area contributed by atoms with Gasteiger partial charge in [0.15, 0.2) is 18.3 Å². The van der Waals surface area contributed by atoms with E-state index in [0.717, 1.165) is 26.3 Å². The van der Waals surface area contributed by atoms with Gasteiger partial charge in [-0.25, -0.2) is 0 Å². The summed E-state index contributed by atoms with van der Waals surface area (Å²) in [5.41, 5.74) is 1.36. The fourth-order valence-corrected chi connectivity index (χ4v) is 5.23. The summed E-state index contributed by atoms with van der Waals surface area (Å²) in [6.07, 6.45) is -6.33. The number of nitriles is 1. The van der Waals surface area contributed by atoms with Crippen LogP contribution in [-0.2, 0) is 55.9 Å². The third kappa shape index (κ3) is 9.27. The maximum atomic E-state index is 13.1. The maximum Gasteiger partial charge on any atom is 0.303 e. The van der Waals surface area contributed by atoms with Gasteiger partial charge >= 0.3 is 23.9 Å².